The van der Waals surface area contributed by atoms with E-state index < -0.39 is 0 Å². The van der Waals surface area contributed by atoms with Crippen LogP contribution >= 0.6 is 11.3 Å². The van der Waals surface area contributed by atoms with Crippen LogP contribution in [0.2, 0.25) is 0 Å². The minimum atomic E-state index is 0.181. The molecule has 1 aliphatic heterocycles. The van der Waals surface area contributed by atoms with Gasteiger partial charge in [0.05, 0.1) is 17.8 Å². The van der Waals surface area contributed by atoms with Gasteiger partial charge in [-0.2, -0.15) is 0 Å². The van der Waals surface area contributed by atoms with Gasteiger partial charge in [-0.15, -0.1) is 11.3 Å². The number of hydrogen-bond donors (Lipinski definition) is 2. The maximum absolute atomic E-state index is 5.84. The van der Waals surface area contributed by atoms with Gasteiger partial charge in [-0.05, 0) is 55.8 Å². The van der Waals surface area contributed by atoms with E-state index in [4.69, 9.17) is 10.1 Å². The van der Waals surface area contributed by atoms with E-state index in [-0.39, 0.29) is 6.10 Å². The summed E-state index contributed by atoms with van der Waals surface area (Å²) >= 11 is 1.84. The zero-order valence-electron chi connectivity index (χ0n) is 15.8. The summed E-state index contributed by atoms with van der Waals surface area (Å²) in [5.74, 6) is 0.918. The van der Waals surface area contributed by atoms with Crippen molar-refractivity contribution in [2.75, 3.05) is 25.0 Å². The minimum Gasteiger partial charge on any atom is -0.489 e. The molecule has 1 unspecified atom stereocenters. The van der Waals surface area contributed by atoms with Crippen molar-refractivity contribution in [2.24, 2.45) is 0 Å². The van der Waals surface area contributed by atoms with E-state index in [2.05, 4.69) is 28.1 Å². The van der Waals surface area contributed by atoms with Crippen LogP contribution in [-0.2, 0) is 6.54 Å². The van der Waals surface area contributed by atoms with E-state index in [1.165, 1.54) is 29.7 Å². The summed E-state index contributed by atoms with van der Waals surface area (Å²) < 4.78 is 5.84. The molecule has 0 saturated carbocycles. The topological polar surface area (TPSA) is 47.4 Å². The van der Waals surface area contributed by atoms with Crippen LogP contribution in [-0.4, -0.2) is 25.7 Å². The van der Waals surface area contributed by atoms with Crippen LogP contribution in [0.25, 0.3) is 0 Å². The number of piperidine rings is 1. The zero-order chi connectivity index (χ0) is 18.2. The average molecular weight is 373 g/mol. The van der Waals surface area contributed by atoms with Crippen LogP contribution in [0.15, 0.2) is 35.7 Å². The molecule has 0 spiro atoms. The van der Waals surface area contributed by atoms with Crippen LogP contribution in [0.3, 0.4) is 0 Å². The molecule has 0 amide bonds. The van der Waals surface area contributed by atoms with Crippen molar-refractivity contribution < 1.29 is 4.74 Å². The van der Waals surface area contributed by atoms with Crippen LogP contribution in [0.4, 0.5) is 5.69 Å². The Morgan fingerprint density at radius 1 is 1.23 bits per heavy atom. The first-order chi connectivity index (χ1) is 12.7. The van der Waals surface area contributed by atoms with Crippen molar-refractivity contribution in [3.05, 3.63) is 46.2 Å². The molecule has 1 fully saturated rings. The number of nitrogens with zero attached hydrogens (tertiary/aromatic N) is 1. The van der Waals surface area contributed by atoms with Gasteiger partial charge in [-0.25, -0.2) is 5.32 Å². The Morgan fingerprint density at radius 3 is 2.92 bits per heavy atom. The summed E-state index contributed by atoms with van der Waals surface area (Å²) in [6.45, 7) is 7.83. The number of para-hydroxylation sites is 2. The quantitative estimate of drug-likeness (QED) is 0.634. The smallest absolute Gasteiger partial charge is 0.142 e. The largest absolute Gasteiger partial charge is 0.489 e. The molecule has 2 heterocycles. The highest BCUT2D eigenvalue weighted by molar-refractivity contribution is 7.10. The van der Waals surface area contributed by atoms with Crippen molar-refractivity contribution in [1.82, 2.24) is 10.6 Å². The van der Waals surface area contributed by atoms with Gasteiger partial charge in [-0.3, -0.25) is 0 Å². The molecule has 26 heavy (non-hydrogen) atoms. The van der Waals surface area contributed by atoms with E-state index in [0.29, 0.717) is 6.04 Å². The molecule has 0 aliphatic carbocycles. The number of nitrogens with one attached hydrogen (secondary N) is 2. The van der Waals surface area contributed by atoms with Crippen LogP contribution in [0, 0.1) is 0 Å². The second kappa shape index (κ2) is 9.95. The maximum atomic E-state index is 5.84. The Hall–Kier alpha value is -1.56. The molecule has 141 valence electrons. The first-order valence-corrected chi connectivity index (χ1v) is 10.5. The molecular weight excluding hydrogens is 342 g/mol. The lowest BCUT2D eigenvalue weighted by atomic mass is 10.00. The van der Waals surface area contributed by atoms with Gasteiger partial charge >= 0.3 is 0 Å². The fraction of sp³-hybridized carbons (Fsp3) is 0.524. The van der Waals surface area contributed by atoms with Gasteiger partial charge in [0.25, 0.3) is 0 Å². The number of ether oxygens (including phenoxy) is 1. The first-order valence-electron chi connectivity index (χ1n) is 9.66. The summed E-state index contributed by atoms with van der Waals surface area (Å²) in [7, 11) is 0. The SMILES string of the molecule is CC(C)Oc1ccccc1NCCNCc1cc(C2CCCC[N]2)cs1. The van der Waals surface area contributed by atoms with E-state index >= 15 is 0 Å². The molecule has 1 radical (unpaired) electrons. The predicted molar refractivity (Wildman–Crippen MR) is 110 cm³/mol. The molecule has 1 saturated heterocycles. The standard InChI is InChI=1S/C21H30N3OS/c1-16(2)25-21-9-4-3-8-20(21)24-12-11-22-14-18-13-17(15-26-18)19-7-5-6-10-23-19/h3-4,8-9,13,15-16,19,22,24H,5-7,10-12,14H2,1-2H3. The third-order valence-electron chi connectivity index (χ3n) is 4.46. The van der Waals surface area contributed by atoms with Gasteiger partial charge in [0, 0.05) is 31.1 Å². The first kappa shape index (κ1) is 19.2. The summed E-state index contributed by atoms with van der Waals surface area (Å²) in [6.07, 6.45) is 3.96. The Balaban J connectivity index is 1.39. The Kier molecular flexibility index (Phi) is 7.35. The van der Waals surface area contributed by atoms with Crippen molar-refractivity contribution in [1.29, 1.82) is 0 Å². The van der Waals surface area contributed by atoms with Gasteiger partial charge in [0.1, 0.15) is 5.75 Å². The molecule has 2 aromatic rings. The lowest BCUT2D eigenvalue weighted by molar-refractivity contribution is 0.243. The van der Waals surface area contributed by atoms with Gasteiger partial charge in [0.2, 0.25) is 0 Å². The van der Waals surface area contributed by atoms with Gasteiger partial charge in [0.15, 0.2) is 0 Å². The van der Waals surface area contributed by atoms with Crippen LogP contribution < -0.4 is 20.7 Å². The maximum Gasteiger partial charge on any atom is 0.142 e. The zero-order valence-corrected chi connectivity index (χ0v) is 16.6. The highest BCUT2D eigenvalue weighted by Crippen LogP contribution is 2.28. The molecular formula is C21H30N3OS. The lowest BCUT2D eigenvalue weighted by Crippen LogP contribution is -2.22. The monoisotopic (exact) mass is 372 g/mol. The molecule has 3 rings (SSSR count). The van der Waals surface area contributed by atoms with Crippen molar-refractivity contribution in [2.45, 2.75) is 51.8 Å². The highest BCUT2D eigenvalue weighted by Gasteiger charge is 2.17. The summed E-state index contributed by atoms with van der Waals surface area (Å²) in [5.41, 5.74) is 2.46. The lowest BCUT2D eigenvalue weighted by Gasteiger charge is -2.20. The Bertz CT molecular complexity index is 665. The Labute approximate surface area is 161 Å². The third-order valence-corrected chi connectivity index (χ3v) is 5.42. The minimum absolute atomic E-state index is 0.181. The highest BCUT2D eigenvalue weighted by atomic mass is 32.1. The number of benzene rings is 1. The van der Waals surface area contributed by atoms with Crippen molar-refractivity contribution in [3.63, 3.8) is 0 Å². The van der Waals surface area contributed by atoms with Crippen LogP contribution in [0.5, 0.6) is 5.75 Å². The number of hydrogen-bond acceptors (Lipinski definition) is 4. The molecule has 1 aromatic carbocycles. The normalized spacial score (nSPS) is 17.4. The number of rotatable bonds is 9. The summed E-state index contributed by atoms with van der Waals surface area (Å²) in [5, 5.41) is 14.0. The van der Waals surface area contributed by atoms with E-state index in [0.717, 1.165) is 37.6 Å². The Morgan fingerprint density at radius 2 is 2.12 bits per heavy atom. The number of anilines is 1. The molecule has 2 N–H and O–H groups in total. The van der Waals surface area contributed by atoms with Crippen molar-refractivity contribution in [3.8, 4) is 5.75 Å². The van der Waals surface area contributed by atoms with E-state index in [9.17, 15) is 0 Å². The second-order valence-corrected chi connectivity index (χ2v) is 8.03. The fourth-order valence-corrected chi connectivity index (χ4v) is 4.09. The number of thiophene rings is 1. The third kappa shape index (κ3) is 5.73. The summed E-state index contributed by atoms with van der Waals surface area (Å²) in [6, 6.07) is 10.9. The molecule has 0 bridgehead atoms. The average Bonchev–Trinajstić information content (AvgIpc) is 3.12. The molecule has 4 nitrogen and oxygen atoms in total. The van der Waals surface area contributed by atoms with E-state index in [1.54, 1.807) is 0 Å². The molecule has 1 atom stereocenters. The van der Waals surface area contributed by atoms with Gasteiger partial charge in [-0.1, -0.05) is 18.6 Å². The summed E-state index contributed by atoms with van der Waals surface area (Å²) in [4.78, 5) is 1.39. The van der Waals surface area contributed by atoms with E-state index in [1.807, 2.05) is 43.4 Å². The van der Waals surface area contributed by atoms with Gasteiger partial charge < -0.3 is 15.4 Å². The molecule has 5 heteroatoms. The molecule has 1 aliphatic rings. The second-order valence-electron chi connectivity index (χ2n) is 7.03. The fourth-order valence-electron chi connectivity index (χ4n) is 3.19. The predicted octanol–water partition coefficient (Wildman–Crippen LogP) is 4.57. The van der Waals surface area contributed by atoms with Crippen LogP contribution in [0.1, 0.15) is 49.6 Å². The van der Waals surface area contributed by atoms with Crippen molar-refractivity contribution >= 4 is 17.0 Å². The molecule has 1 aromatic heterocycles.